The summed E-state index contributed by atoms with van der Waals surface area (Å²) in [5, 5.41) is 9.81. The first-order valence-corrected chi connectivity index (χ1v) is 13.8. The Hall–Kier alpha value is -4.24. The Kier molecular flexibility index (Phi) is 8.38. The summed E-state index contributed by atoms with van der Waals surface area (Å²) in [7, 11) is -3.83. The molecule has 11 nitrogen and oxygen atoms in total. The molecule has 1 saturated heterocycles. The van der Waals surface area contributed by atoms with Crippen LogP contribution in [0.1, 0.15) is 46.9 Å². The van der Waals surface area contributed by atoms with Crippen molar-refractivity contribution in [1.29, 1.82) is 5.26 Å². The number of ether oxygens (including phenoxy) is 1. The van der Waals surface area contributed by atoms with Crippen molar-refractivity contribution in [3.8, 4) is 6.07 Å². The van der Waals surface area contributed by atoms with Gasteiger partial charge in [-0.1, -0.05) is 30.3 Å². The second-order valence-electron chi connectivity index (χ2n) is 8.89. The molecule has 1 aliphatic heterocycles. The number of nitrogens with one attached hydrogen (secondary N) is 1. The number of nitrogens with zero attached hydrogens (tertiary/aromatic N) is 5. The van der Waals surface area contributed by atoms with Gasteiger partial charge in [0.25, 0.3) is 0 Å². The molecule has 1 aliphatic rings. The smallest absolute Gasteiger partial charge is 0.340 e. The van der Waals surface area contributed by atoms with Crippen molar-refractivity contribution in [2.24, 2.45) is 5.92 Å². The molecular formula is C26H28N6O5S. The summed E-state index contributed by atoms with van der Waals surface area (Å²) in [6.07, 6.45) is 5.73. The topological polar surface area (TPSA) is 147 Å². The zero-order chi connectivity index (χ0) is 27.1. The molecule has 1 aromatic carbocycles. The maximum absolute atomic E-state index is 12.7. The van der Waals surface area contributed by atoms with Gasteiger partial charge in [0.15, 0.2) is 0 Å². The number of hydrogen-bond acceptors (Lipinski definition) is 9. The SMILES string of the molecule is CCOC(=O)c1cc(C#N)c(N2CCC(C(=O)NS(=O)(=O)Cc3ccccc3)CC2)nc1Cn1ccnc1. The summed E-state index contributed by atoms with van der Waals surface area (Å²) in [6, 6.07) is 12.3. The van der Waals surface area contributed by atoms with Gasteiger partial charge in [-0.05, 0) is 31.4 Å². The van der Waals surface area contributed by atoms with Crippen molar-refractivity contribution in [1.82, 2.24) is 19.3 Å². The molecule has 12 heteroatoms. The van der Waals surface area contributed by atoms with Crippen molar-refractivity contribution < 1.29 is 22.7 Å². The third kappa shape index (κ3) is 6.54. The largest absolute Gasteiger partial charge is 0.462 e. The van der Waals surface area contributed by atoms with Crippen LogP contribution in [0.4, 0.5) is 5.82 Å². The lowest BCUT2D eigenvalue weighted by atomic mass is 9.96. The van der Waals surface area contributed by atoms with E-state index in [2.05, 4.69) is 20.8 Å². The van der Waals surface area contributed by atoms with Crippen LogP contribution in [-0.2, 0) is 31.9 Å². The summed E-state index contributed by atoms with van der Waals surface area (Å²) in [5.74, 6) is -1.46. The molecule has 1 N–H and O–H groups in total. The minimum atomic E-state index is -3.83. The van der Waals surface area contributed by atoms with Crippen LogP contribution in [0, 0.1) is 17.2 Å². The fraction of sp³-hybridized carbons (Fsp3) is 0.346. The predicted octanol–water partition coefficient (Wildman–Crippen LogP) is 2.24. The van der Waals surface area contributed by atoms with Gasteiger partial charge in [-0.3, -0.25) is 9.52 Å². The van der Waals surface area contributed by atoms with Crippen molar-refractivity contribution in [2.75, 3.05) is 24.6 Å². The molecule has 3 aromatic rings. The van der Waals surface area contributed by atoms with E-state index in [4.69, 9.17) is 4.74 Å². The lowest BCUT2D eigenvalue weighted by Gasteiger charge is -2.33. The number of imidazole rings is 1. The third-order valence-corrected chi connectivity index (χ3v) is 7.44. The van der Waals surface area contributed by atoms with Crippen LogP contribution < -0.4 is 9.62 Å². The Morgan fingerprint density at radius 1 is 1.21 bits per heavy atom. The van der Waals surface area contributed by atoms with E-state index in [0.717, 1.165) is 0 Å². The molecule has 0 saturated carbocycles. The zero-order valence-corrected chi connectivity index (χ0v) is 21.7. The normalized spacial score (nSPS) is 14.1. The fourth-order valence-electron chi connectivity index (χ4n) is 4.34. The van der Waals surface area contributed by atoms with Crippen molar-refractivity contribution >= 4 is 27.7 Å². The van der Waals surface area contributed by atoms with E-state index in [0.29, 0.717) is 43.0 Å². The predicted molar refractivity (Wildman–Crippen MR) is 138 cm³/mol. The van der Waals surface area contributed by atoms with E-state index in [-0.39, 0.29) is 30.0 Å². The number of sulfonamides is 1. The quantitative estimate of drug-likeness (QED) is 0.407. The van der Waals surface area contributed by atoms with E-state index < -0.39 is 27.8 Å². The van der Waals surface area contributed by atoms with Crippen LogP contribution in [0.2, 0.25) is 0 Å². The molecule has 0 spiro atoms. The molecule has 2 aromatic heterocycles. The Morgan fingerprint density at radius 3 is 2.58 bits per heavy atom. The van der Waals surface area contributed by atoms with Crippen molar-refractivity contribution in [3.63, 3.8) is 0 Å². The van der Waals surface area contributed by atoms with E-state index in [1.165, 1.54) is 6.07 Å². The number of piperidine rings is 1. The molecule has 1 fully saturated rings. The van der Waals surface area contributed by atoms with Gasteiger partial charge in [0.05, 0.1) is 42.1 Å². The highest BCUT2D eigenvalue weighted by molar-refractivity contribution is 7.89. The summed E-state index contributed by atoms with van der Waals surface area (Å²) < 4.78 is 34.1. The van der Waals surface area contributed by atoms with Crippen LogP contribution in [0.25, 0.3) is 0 Å². The number of nitriles is 1. The molecular weight excluding hydrogens is 508 g/mol. The highest BCUT2D eigenvalue weighted by Crippen LogP contribution is 2.27. The Morgan fingerprint density at radius 2 is 1.95 bits per heavy atom. The molecule has 38 heavy (non-hydrogen) atoms. The molecule has 0 atom stereocenters. The van der Waals surface area contributed by atoms with E-state index in [1.54, 1.807) is 60.5 Å². The Labute approximate surface area is 221 Å². The average molecular weight is 537 g/mol. The van der Waals surface area contributed by atoms with Gasteiger partial charge in [0, 0.05) is 31.4 Å². The molecule has 3 heterocycles. The minimum Gasteiger partial charge on any atom is -0.462 e. The van der Waals surface area contributed by atoms with Gasteiger partial charge >= 0.3 is 5.97 Å². The Bertz CT molecular complexity index is 1430. The number of benzene rings is 1. The molecule has 0 aliphatic carbocycles. The number of hydrogen-bond donors (Lipinski definition) is 1. The maximum atomic E-state index is 12.7. The van der Waals surface area contributed by atoms with Gasteiger partial charge in [0.1, 0.15) is 11.9 Å². The highest BCUT2D eigenvalue weighted by Gasteiger charge is 2.30. The molecule has 0 unspecified atom stereocenters. The number of carbonyl (C=O) groups is 2. The number of rotatable bonds is 9. The van der Waals surface area contributed by atoms with Crippen LogP contribution in [0.3, 0.4) is 0 Å². The first kappa shape index (κ1) is 26.8. The number of pyridine rings is 1. The van der Waals surface area contributed by atoms with Gasteiger partial charge in [-0.2, -0.15) is 5.26 Å². The number of carbonyl (C=O) groups excluding carboxylic acids is 2. The first-order valence-electron chi connectivity index (χ1n) is 12.2. The monoisotopic (exact) mass is 536 g/mol. The lowest BCUT2D eigenvalue weighted by Crippen LogP contribution is -2.43. The molecule has 0 bridgehead atoms. The van der Waals surface area contributed by atoms with Gasteiger partial charge in [0.2, 0.25) is 15.9 Å². The first-order chi connectivity index (χ1) is 18.3. The summed E-state index contributed by atoms with van der Waals surface area (Å²) >= 11 is 0. The van der Waals surface area contributed by atoms with Crippen molar-refractivity contribution in [3.05, 3.63) is 77.5 Å². The summed E-state index contributed by atoms with van der Waals surface area (Å²) in [4.78, 5) is 35.9. The number of esters is 1. The summed E-state index contributed by atoms with van der Waals surface area (Å²) in [5.41, 5.74) is 1.45. The fourth-order valence-corrected chi connectivity index (χ4v) is 5.52. The number of amides is 1. The van der Waals surface area contributed by atoms with Crippen LogP contribution >= 0.6 is 0 Å². The van der Waals surface area contributed by atoms with Crippen molar-refractivity contribution in [2.45, 2.75) is 32.1 Å². The molecule has 1 amide bonds. The average Bonchev–Trinajstić information content (AvgIpc) is 3.42. The number of anilines is 1. The van der Waals surface area contributed by atoms with E-state index in [9.17, 15) is 23.3 Å². The third-order valence-electron chi connectivity index (χ3n) is 6.21. The summed E-state index contributed by atoms with van der Waals surface area (Å²) in [6.45, 7) is 2.92. The second-order valence-corrected chi connectivity index (χ2v) is 10.6. The van der Waals surface area contributed by atoms with Crippen LogP contribution in [-0.4, -0.2) is 54.5 Å². The second kappa shape index (κ2) is 11.9. The lowest BCUT2D eigenvalue weighted by molar-refractivity contribution is -0.123. The molecule has 0 radical (unpaired) electrons. The van der Waals surface area contributed by atoms with Crippen LogP contribution in [0.5, 0.6) is 0 Å². The van der Waals surface area contributed by atoms with E-state index >= 15 is 0 Å². The molecule has 4 rings (SSSR count). The standard InChI is InChI=1S/C26H28N6O5S/c1-2-37-26(34)22-14-21(15-27)24(29-23(22)16-31-13-10-28-18-31)32-11-8-20(9-12-32)25(33)30-38(35,36)17-19-6-4-3-5-7-19/h3-7,10,13-14,18,20H,2,8-9,11-12,16-17H2,1H3,(H,30,33). The Balaban J connectivity index is 1.48. The number of aromatic nitrogens is 3. The maximum Gasteiger partial charge on any atom is 0.340 e. The molecule has 198 valence electrons. The van der Waals surface area contributed by atoms with E-state index in [1.807, 2.05) is 4.90 Å². The van der Waals surface area contributed by atoms with Crippen LogP contribution in [0.15, 0.2) is 55.1 Å². The van der Waals surface area contributed by atoms with Gasteiger partial charge in [-0.15, -0.1) is 0 Å². The zero-order valence-electron chi connectivity index (χ0n) is 20.9. The van der Waals surface area contributed by atoms with Gasteiger partial charge in [-0.25, -0.2) is 23.2 Å². The van der Waals surface area contributed by atoms with Gasteiger partial charge < -0.3 is 14.2 Å². The highest BCUT2D eigenvalue weighted by atomic mass is 32.2. The minimum absolute atomic E-state index is 0.184.